The second-order valence-electron chi connectivity index (χ2n) is 3.90. The summed E-state index contributed by atoms with van der Waals surface area (Å²) in [5, 5.41) is 9.76. The van der Waals surface area contributed by atoms with Crippen molar-refractivity contribution in [3.05, 3.63) is 58.9 Å². The SMILES string of the molecule is C[C@H](O)c1ccc(Oc2ccccc2Cl)c(F)c1. The first-order valence-electron chi connectivity index (χ1n) is 5.48. The highest BCUT2D eigenvalue weighted by Crippen LogP contribution is 2.31. The number of rotatable bonds is 3. The smallest absolute Gasteiger partial charge is 0.166 e. The van der Waals surface area contributed by atoms with Crippen LogP contribution in [0, 0.1) is 5.82 Å². The van der Waals surface area contributed by atoms with Gasteiger partial charge in [-0.2, -0.15) is 0 Å². The van der Waals surface area contributed by atoms with E-state index in [0.717, 1.165) is 0 Å². The summed E-state index contributed by atoms with van der Waals surface area (Å²) in [5.41, 5.74) is 0.499. The molecular formula is C14H12ClFO2. The zero-order chi connectivity index (χ0) is 13.1. The average Bonchev–Trinajstić information content (AvgIpc) is 2.34. The van der Waals surface area contributed by atoms with Crippen molar-refractivity contribution in [3.8, 4) is 11.5 Å². The molecule has 0 spiro atoms. The molecule has 0 fully saturated rings. The zero-order valence-electron chi connectivity index (χ0n) is 9.73. The summed E-state index contributed by atoms with van der Waals surface area (Å²) in [7, 11) is 0. The number of hydrogen-bond donors (Lipinski definition) is 1. The Bertz CT molecular complexity index is 555. The van der Waals surface area contributed by atoms with E-state index in [4.69, 9.17) is 16.3 Å². The van der Waals surface area contributed by atoms with E-state index >= 15 is 0 Å². The van der Waals surface area contributed by atoms with E-state index in [9.17, 15) is 9.50 Å². The highest BCUT2D eigenvalue weighted by Gasteiger charge is 2.10. The van der Waals surface area contributed by atoms with Gasteiger partial charge in [-0.3, -0.25) is 0 Å². The van der Waals surface area contributed by atoms with E-state index < -0.39 is 11.9 Å². The van der Waals surface area contributed by atoms with Gasteiger partial charge in [0.15, 0.2) is 11.6 Å². The van der Waals surface area contributed by atoms with Gasteiger partial charge in [0.05, 0.1) is 11.1 Å². The molecule has 2 aromatic rings. The number of benzene rings is 2. The van der Waals surface area contributed by atoms with Crippen LogP contribution in [0.4, 0.5) is 4.39 Å². The molecule has 0 radical (unpaired) electrons. The van der Waals surface area contributed by atoms with Crippen LogP contribution < -0.4 is 4.74 Å². The van der Waals surface area contributed by atoms with Crippen molar-refractivity contribution in [1.82, 2.24) is 0 Å². The largest absolute Gasteiger partial charge is 0.453 e. The van der Waals surface area contributed by atoms with Gasteiger partial charge in [-0.1, -0.05) is 29.8 Å². The predicted molar refractivity (Wildman–Crippen MR) is 68.6 cm³/mol. The molecular weight excluding hydrogens is 255 g/mol. The predicted octanol–water partition coefficient (Wildman–Crippen LogP) is 4.32. The molecule has 4 heteroatoms. The standard InChI is InChI=1S/C14H12ClFO2/c1-9(17)10-6-7-14(12(16)8-10)18-13-5-3-2-4-11(13)15/h2-9,17H,1H3/t9-/m0/s1. The molecule has 0 aliphatic carbocycles. The number of aliphatic hydroxyl groups is 1. The summed E-state index contributed by atoms with van der Waals surface area (Å²) < 4.78 is 19.1. The van der Waals surface area contributed by atoms with E-state index in [1.54, 1.807) is 37.3 Å². The van der Waals surface area contributed by atoms with Crippen LogP contribution in [0.5, 0.6) is 11.5 Å². The monoisotopic (exact) mass is 266 g/mol. The Balaban J connectivity index is 2.28. The minimum absolute atomic E-state index is 0.0764. The Hall–Kier alpha value is -1.58. The van der Waals surface area contributed by atoms with Crippen LogP contribution in [0.1, 0.15) is 18.6 Å². The molecule has 0 saturated carbocycles. The van der Waals surface area contributed by atoms with Gasteiger partial charge in [0.1, 0.15) is 5.75 Å². The summed E-state index contributed by atoms with van der Waals surface area (Å²) in [6.07, 6.45) is -0.714. The van der Waals surface area contributed by atoms with Gasteiger partial charge in [0.2, 0.25) is 0 Å². The highest BCUT2D eigenvalue weighted by atomic mass is 35.5. The molecule has 2 nitrogen and oxygen atoms in total. The third-order valence-electron chi connectivity index (χ3n) is 2.49. The van der Waals surface area contributed by atoms with Gasteiger partial charge in [-0.05, 0) is 36.8 Å². The third-order valence-corrected chi connectivity index (χ3v) is 2.81. The molecule has 94 valence electrons. The maximum Gasteiger partial charge on any atom is 0.166 e. The Morgan fingerprint density at radius 1 is 1.17 bits per heavy atom. The van der Waals surface area contributed by atoms with Crippen LogP contribution in [0.15, 0.2) is 42.5 Å². The molecule has 0 saturated heterocycles. The summed E-state index contributed by atoms with van der Waals surface area (Å²) in [4.78, 5) is 0. The van der Waals surface area contributed by atoms with E-state index in [2.05, 4.69) is 0 Å². The fraction of sp³-hybridized carbons (Fsp3) is 0.143. The molecule has 0 bridgehead atoms. The molecule has 0 aliphatic rings. The number of para-hydroxylation sites is 1. The van der Waals surface area contributed by atoms with Gasteiger partial charge >= 0.3 is 0 Å². The lowest BCUT2D eigenvalue weighted by molar-refractivity contribution is 0.198. The molecule has 2 rings (SSSR count). The van der Waals surface area contributed by atoms with Crippen molar-refractivity contribution >= 4 is 11.6 Å². The van der Waals surface area contributed by atoms with Gasteiger partial charge < -0.3 is 9.84 Å². The topological polar surface area (TPSA) is 29.5 Å². The van der Waals surface area contributed by atoms with Gasteiger partial charge in [0.25, 0.3) is 0 Å². The molecule has 2 aromatic carbocycles. The van der Waals surface area contributed by atoms with Crippen molar-refractivity contribution < 1.29 is 14.2 Å². The van der Waals surface area contributed by atoms with Crippen LogP contribution in [0.3, 0.4) is 0 Å². The first kappa shape index (κ1) is 12.9. The fourth-order valence-electron chi connectivity index (χ4n) is 1.51. The first-order chi connectivity index (χ1) is 8.58. The Morgan fingerprint density at radius 3 is 2.50 bits per heavy atom. The molecule has 1 N–H and O–H groups in total. The molecule has 0 aromatic heterocycles. The van der Waals surface area contributed by atoms with Crippen molar-refractivity contribution in [2.24, 2.45) is 0 Å². The summed E-state index contributed by atoms with van der Waals surface area (Å²) in [6, 6.07) is 11.2. The molecule has 0 amide bonds. The lowest BCUT2D eigenvalue weighted by Gasteiger charge is -2.10. The van der Waals surface area contributed by atoms with Crippen molar-refractivity contribution in [2.45, 2.75) is 13.0 Å². The second-order valence-corrected chi connectivity index (χ2v) is 4.31. The number of halogens is 2. The van der Waals surface area contributed by atoms with Crippen molar-refractivity contribution in [1.29, 1.82) is 0 Å². The van der Waals surface area contributed by atoms with Crippen LogP contribution in [0.2, 0.25) is 5.02 Å². The van der Waals surface area contributed by atoms with E-state index in [1.807, 2.05) is 0 Å². The molecule has 0 unspecified atom stereocenters. The lowest BCUT2D eigenvalue weighted by Crippen LogP contribution is -1.94. The van der Waals surface area contributed by atoms with Crippen LogP contribution in [-0.2, 0) is 0 Å². The number of aliphatic hydroxyl groups excluding tert-OH is 1. The number of ether oxygens (including phenoxy) is 1. The molecule has 1 atom stereocenters. The van der Waals surface area contributed by atoms with Gasteiger partial charge in [-0.25, -0.2) is 4.39 Å². The third kappa shape index (κ3) is 2.81. The number of hydrogen-bond acceptors (Lipinski definition) is 2. The van der Waals surface area contributed by atoms with Gasteiger partial charge in [-0.15, -0.1) is 0 Å². The maximum absolute atomic E-state index is 13.7. The summed E-state index contributed by atoms with van der Waals surface area (Å²) in [6.45, 7) is 1.57. The minimum atomic E-state index is -0.714. The van der Waals surface area contributed by atoms with E-state index in [0.29, 0.717) is 16.3 Å². The summed E-state index contributed by atoms with van der Waals surface area (Å²) in [5.74, 6) is -0.0660. The quantitative estimate of drug-likeness (QED) is 0.896. The summed E-state index contributed by atoms with van der Waals surface area (Å²) >= 11 is 5.92. The van der Waals surface area contributed by atoms with Crippen molar-refractivity contribution in [3.63, 3.8) is 0 Å². The minimum Gasteiger partial charge on any atom is -0.453 e. The van der Waals surface area contributed by atoms with Gasteiger partial charge in [0, 0.05) is 0 Å². The Labute approximate surface area is 110 Å². The molecule has 18 heavy (non-hydrogen) atoms. The first-order valence-corrected chi connectivity index (χ1v) is 5.85. The Kier molecular flexibility index (Phi) is 3.84. The van der Waals surface area contributed by atoms with Crippen molar-refractivity contribution in [2.75, 3.05) is 0 Å². The van der Waals surface area contributed by atoms with E-state index in [1.165, 1.54) is 12.1 Å². The zero-order valence-corrected chi connectivity index (χ0v) is 10.5. The fourth-order valence-corrected chi connectivity index (χ4v) is 1.68. The van der Waals surface area contributed by atoms with Crippen LogP contribution >= 0.6 is 11.6 Å². The highest BCUT2D eigenvalue weighted by molar-refractivity contribution is 6.32. The average molecular weight is 267 g/mol. The van der Waals surface area contributed by atoms with E-state index in [-0.39, 0.29) is 5.75 Å². The van der Waals surface area contributed by atoms with Crippen LogP contribution in [-0.4, -0.2) is 5.11 Å². The lowest BCUT2D eigenvalue weighted by atomic mass is 10.1. The second kappa shape index (κ2) is 5.38. The molecule has 0 aliphatic heterocycles. The maximum atomic E-state index is 13.7. The van der Waals surface area contributed by atoms with Crippen LogP contribution in [0.25, 0.3) is 0 Å². The normalized spacial score (nSPS) is 12.2. The molecule has 0 heterocycles. The Morgan fingerprint density at radius 2 is 1.89 bits per heavy atom.